The molecular formula is C6H10O. The molecule has 0 spiro atoms. The third kappa shape index (κ3) is 2.38. The van der Waals surface area contributed by atoms with Crippen LogP contribution in [0.2, 0.25) is 0 Å². The summed E-state index contributed by atoms with van der Waals surface area (Å²) in [5, 5.41) is 0. The molecule has 0 aromatic rings. The van der Waals surface area contributed by atoms with Crippen LogP contribution in [0.5, 0.6) is 0 Å². The largest absolute Gasteiger partial charge is 0.290 e. The third-order valence-corrected chi connectivity index (χ3v) is 0.901. The zero-order chi connectivity index (χ0) is 5.91. The quantitative estimate of drug-likeness (QED) is 0.509. The summed E-state index contributed by atoms with van der Waals surface area (Å²) < 4.78 is 0. The van der Waals surface area contributed by atoms with Crippen LogP contribution in [0.3, 0.4) is 0 Å². The van der Waals surface area contributed by atoms with Crippen LogP contribution in [0, 0.1) is 12.3 Å². The second-order valence-electron chi connectivity index (χ2n) is 2.24. The highest BCUT2D eigenvalue weighted by atomic mass is 16.1. The summed E-state index contributed by atoms with van der Waals surface area (Å²) in [5.74, 6) is 0. The molecular weight excluding hydrogens is 88.1 g/mol. The third-order valence-electron chi connectivity index (χ3n) is 0.901. The molecule has 0 rings (SSSR count). The fraction of sp³-hybridized carbons (Fsp3) is 0.667. The molecule has 0 atom stereocenters. The summed E-state index contributed by atoms with van der Waals surface area (Å²) in [6.07, 6.45) is 2.50. The Labute approximate surface area is 44.7 Å². The van der Waals surface area contributed by atoms with Crippen LogP contribution in [-0.2, 0) is 4.79 Å². The average molecular weight is 98.1 g/mol. The molecule has 1 nitrogen and oxygen atoms in total. The van der Waals surface area contributed by atoms with Crippen molar-refractivity contribution in [1.82, 2.24) is 0 Å². The lowest BCUT2D eigenvalue weighted by Crippen LogP contribution is -2.09. The molecule has 0 aliphatic carbocycles. The molecule has 0 amide bonds. The summed E-state index contributed by atoms with van der Waals surface area (Å²) in [7, 11) is 0. The molecule has 0 aromatic carbocycles. The summed E-state index contributed by atoms with van der Waals surface area (Å²) in [4.78, 5) is 9.89. The van der Waals surface area contributed by atoms with E-state index < -0.39 is 0 Å². The highest BCUT2D eigenvalue weighted by Gasteiger charge is 2.12. The molecule has 0 fully saturated rings. The van der Waals surface area contributed by atoms with Crippen LogP contribution >= 0.6 is 0 Å². The summed E-state index contributed by atoms with van der Waals surface area (Å²) in [6.45, 7) is 7.19. The lowest BCUT2D eigenvalue weighted by atomic mass is 9.93. The molecule has 0 saturated carbocycles. The average Bonchev–Trinajstić information content (AvgIpc) is 1.68. The van der Waals surface area contributed by atoms with Gasteiger partial charge in [0.15, 0.2) is 0 Å². The molecule has 0 bridgehead atoms. The molecule has 0 N–H and O–H groups in total. The second kappa shape index (κ2) is 2.10. The van der Waals surface area contributed by atoms with Crippen molar-refractivity contribution in [2.75, 3.05) is 0 Å². The minimum absolute atomic E-state index is 0.333. The van der Waals surface area contributed by atoms with Crippen molar-refractivity contribution in [3.05, 3.63) is 6.92 Å². The first-order valence-electron chi connectivity index (χ1n) is 2.31. The molecule has 1 heteroatoms. The van der Waals surface area contributed by atoms with Crippen molar-refractivity contribution >= 4 is 6.29 Å². The number of rotatable bonds is 2. The van der Waals surface area contributed by atoms with Gasteiger partial charge in [-0.25, -0.2) is 0 Å². The SMILES string of the molecule is [CH2]CC(C)(C)[C]=O. The monoisotopic (exact) mass is 98.1 g/mol. The van der Waals surface area contributed by atoms with Crippen LogP contribution < -0.4 is 0 Å². The van der Waals surface area contributed by atoms with Crippen molar-refractivity contribution in [2.24, 2.45) is 5.41 Å². The van der Waals surface area contributed by atoms with Crippen molar-refractivity contribution in [3.63, 3.8) is 0 Å². The molecule has 40 valence electrons. The van der Waals surface area contributed by atoms with Gasteiger partial charge in [-0.2, -0.15) is 0 Å². The molecule has 0 heterocycles. The number of hydrogen-bond acceptors (Lipinski definition) is 1. The van der Waals surface area contributed by atoms with Gasteiger partial charge in [0, 0.05) is 5.41 Å². The van der Waals surface area contributed by atoms with Crippen molar-refractivity contribution in [3.8, 4) is 0 Å². The minimum atomic E-state index is -0.333. The Morgan fingerprint density at radius 2 is 2.14 bits per heavy atom. The van der Waals surface area contributed by atoms with Crippen LogP contribution in [0.1, 0.15) is 20.3 Å². The Morgan fingerprint density at radius 1 is 1.71 bits per heavy atom. The van der Waals surface area contributed by atoms with Crippen molar-refractivity contribution in [2.45, 2.75) is 20.3 Å². The van der Waals surface area contributed by atoms with Crippen LogP contribution in [0.4, 0.5) is 0 Å². The Kier molecular flexibility index (Phi) is 2.00. The zero-order valence-corrected chi connectivity index (χ0v) is 4.82. The highest BCUT2D eigenvalue weighted by Crippen LogP contribution is 2.13. The Morgan fingerprint density at radius 3 is 2.14 bits per heavy atom. The summed E-state index contributed by atoms with van der Waals surface area (Å²) >= 11 is 0. The maximum Gasteiger partial charge on any atom is 0.204 e. The molecule has 2 radical (unpaired) electrons. The van der Waals surface area contributed by atoms with Gasteiger partial charge in [-0.3, -0.25) is 4.79 Å². The first-order valence-corrected chi connectivity index (χ1v) is 2.31. The lowest BCUT2D eigenvalue weighted by molar-refractivity contribution is 0.453. The standard InChI is InChI=1S/C6H10O/c1-4-6(2,3)5-7/h1,4H2,2-3H3. The Bertz CT molecular complexity index is 64.6. The number of carbonyl (C=O) groups excluding carboxylic acids is 1. The Balaban J connectivity index is 3.58. The van der Waals surface area contributed by atoms with Gasteiger partial charge in [0.05, 0.1) is 0 Å². The zero-order valence-electron chi connectivity index (χ0n) is 4.82. The van der Waals surface area contributed by atoms with E-state index in [1.165, 1.54) is 0 Å². The topological polar surface area (TPSA) is 17.1 Å². The molecule has 0 aliphatic heterocycles. The van der Waals surface area contributed by atoms with Crippen molar-refractivity contribution < 1.29 is 4.79 Å². The summed E-state index contributed by atoms with van der Waals surface area (Å²) in [6, 6.07) is 0. The fourth-order valence-electron chi connectivity index (χ4n) is 0.0510. The van der Waals surface area contributed by atoms with E-state index in [0.29, 0.717) is 6.42 Å². The van der Waals surface area contributed by atoms with Gasteiger partial charge in [-0.15, -0.1) is 0 Å². The van der Waals surface area contributed by atoms with E-state index in [0.717, 1.165) is 0 Å². The second-order valence-corrected chi connectivity index (χ2v) is 2.24. The van der Waals surface area contributed by atoms with Gasteiger partial charge in [-0.05, 0) is 6.42 Å². The smallest absolute Gasteiger partial charge is 0.204 e. The maximum absolute atomic E-state index is 9.89. The first-order chi connectivity index (χ1) is 3.12. The maximum atomic E-state index is 9.89. The van der Waals surface area contributed by atoms with Gasteiger partial charge in [-0.1, -0.05) is 20.8 Å². The van der Waals surface area contributed by atoms with Gasteiger partial charge < -0.3 is 0 Å². The molecule has 7 heavy (non-hydrogen) atoms. The van der Waals surface area contributed by atoms with E-state index in [-0.39, 0.29) is 5.41 Å². The predicted octanol–water partition coefficient (Wildman–Crippen LogP) is 1.35. The van der Waals surface area contributed by atoms with Crippen LogP contribution in [0.25, 0.3) is 0 Å². The normalized spacial score (nSPS) is 11.3. The van der Waals surface area contributed by atoms with E-state index in [9.17, 15) is 4.79 Å². The van der Waals surface area contributed by atoms with Gasteiger partial charge >= 0.3 is 0 Å². The van der Waals surface area contributed by atoms with E-state index in [1.54, 1.807) is 0 Å². The van der Waals surface area contributed by atoms with Crippen LogP contribution in [0.15, 0.2) is 0 Å². The predicted molar refractivity (Wildman–Crippen MR) is 29.4 cm³/mol. The van der Waals surface area contributed by atoms with Crippen molar-refractivity contribution in [1.29, 1.82) is 0 Å². The van der Waals surface area contributed by atoms with E-state index in [1.807, 2.05) is 20.1 Å². The van der Waals surface area contributed by atoms with Gasteiger partial charge in [0.2, 0.25) is 6.29 Å². The number of hydrogen-bond donors (Lipinski definition) is 0. The first kappa shape index (κ1) is 6.67. The molecule has 0 aliphatic rings. The van der Waals surface area contributed by atoms with E-state index in [2.05, 4.69) is 6.92 Å². The lowest BCUT2D eigenvalue weighted by Gasteiger charge is -2.09. The van der Waals surface area contributed by atoms with Gasteiger partial charge in [0.1, 0.15) is 0 Å². The minimum Gasteiger partial charge on any atom is -0.290 e. The van der Waals surface area contributed by atoms with E-state index in [4.69, 9.17) is 0 Å². The van der Waals surface area contributed by atoms with Crippen LogP contribution in [-0.4, -0.2) is 6.29 Å². The Hall–Kier alpha value is -0.330. The summed E-state index contributed by atoms with van der Waals surface area (Å²) in [5.41, 5.74) is -0.333. The molecule has 0 aromatic heterocycles. The molecule has 0 saturated heterocycles. The highest BCUT2D eigenvalue weighted by molar-refractivity contribution is 5.58. The molecule has 0 unspecified atom stereocenters. The van der Waals surface area contributed by atoms with Gasteiger partial charge in [0.25, 0.3) is 0 Å². The fourth-order valence-corrected chi connectivity index (χ4v) is 0.0510. The van der Waals surface area contributed by atoms with E-state index >= 15 is 0 Å².